The topological polar surface area (TPSA) is 93.3 Å². The van der Waals surface area contributed by atoms with Crippen LogP contribution in [0.25, 0.3) is 10.9 Å². The van der Waals surface area contributed by atoms with Crippen molar-refractivity contribution < 1.29 is 14.8 Å². The van der Waals surface area contributed by atoms with E-state index in [2.05, 4.69) is 11.9 Å². The normalized spacial score (nSPS) is 16.9. The van der Waals surface area contributed by atoms with Crippen molar-refractivity contribution in [3.05, 3.63) is 45.1 Å². The Bertz CT molecular complexity index is 770. The van der Waals surface area contributed by atoms with Crippen LogP contribution in [0.2, 0.25) is 0 Å². The summed E-state index contributed by atoms with van der Waals surface area (Å²) in [6, 6.07) is 4.21. The van der Waals surface area contributed by atoms with Crippen LogP contribution >= 0.6 is 0 Å². The maximum atomic E-state index is 11.7. The average Bonchev–Trinajstić information content (AvgIpc) is 2.85. The number of nitrogens with zero attached hydrogens (tertiary/aromatic N) is 2. The molecule has 0 spiro atoms. The number of carboxylic acid groups (broad SMARTS) is 1. The number of carboxylic acids is 1. The summed E-state index contributed by atoms with van der Waals surface area (Å²) >= 11 is 0. The van der Waals surface area contributed by atoms with Crippen molar-refractivity contribution >= 4 is 22.6 Å². The molecule has 1 heterocycles. The molecule has 6 nitrogen and oxygen atoms in total. The second-order valence-corrected chi connectivity index (χ2v) is 5.26. The molecule has 0 amide bonds. The molecule has 1 aromatic carbocycles. The Morgan fingerprint density at radius 1 is 1.52 bits per heavy atom. The van der Waals surface area contributed by atoms with E-state index in [0.29, 0.717) is 17.3 Å². The van der Waals surface area contributed by atoms with Gasteiger partial charge >= 0.3 is 5.97 Å². The molecule has 0 bridgehead atoms. The minimum Gasteiger partial charge on any atom is -0.478 e. The molecule has 0 radical (unpaired) electrons. The van der Waals surface area contributed by atoms with Crippen molar-refractivity contribution in [2.45, 2.75) is 32.1 Å². The molecule has 1 aliphatic rings. The fourth-order valence-corrected chi connectivity index (χ4v) is 3.11. The molecule has 6 heteroatoms. The van der Waals surface area contributed by atoms with E-state index in [1.165, 1.54) is 18.2 Å². The number of rotatable bonds is 3. The summed E-state index contributed by atoms with van der Waals surface area (Å²) in [5.41, 5.74) is 2.15. The Morgan fingerprint density at radius 3 is 2.90 bits per heavy atom. The van der Waals surface area contributed by atoms with Crippen LogP contribution in [0, 0.1) is 10.1 Å². The van der Waals surface area contributed by atoms with E-state index in [1.807, 2.05) is 0 Å². The number of carbonyl (C=O) groups is 1. The number of fused-ring (bicyclic) bond motifs is 2. The number of benzene rings is 1. The number of hydrogen-bond donors (Lipinski definition) is 1. The number of aromatic nitrogens is 1. The van der Waals surface area contributed by atoms with Crippen LogP contribution in [-0.4, -0.2) is 21.0 Å². The van der Waals surface area contributed by atoms with E-state index >= 15 is 0 Å². The van der Waals surface area contributed by atoms with Gasteiger partial charge in [0.2, 0.25) is 0 Å². The second-order valence-electron chi connectivity index (χ2n) is 5.26. The largest absolute Gasteiger partial charge is 0.478 e. The molecule has 0 aliphatic heterocycles. The van der Waals surface area contributed by atoms with Gasteiger partial charge in [0.05, 0.1) is 16.0 Å². The number of pyridine rings is 1. The van der Waals surface area contributed by atoms with Crippen LogP contribution in [0.4, 0.5) is 5.69 Å². The molecule has 0 saturated carbocycles. The van der Waals surface area contributed by atoms with E-state index < -0.39 is 10.9 Å². The van der Waals surface area contributed by atoms with Crippen molar-refractivity contribution in [3.63, 3.8) is 0 Å². The summed E-state index contributed by atoms with van der Waals surface area (Å²) in [5, 5.41) is 20.8. The van der Waals surface area contributed by atoms with Crippen LogP contribution in [0.15, 0.2) is 18.2 Å². The number of aromatic carboxylic acids is 1. The lowest BCUT2D eigenvalue weighted by molar-refractivity contribution is -0.384. The molecule has 1 aromatic heterocycles. The average molecular weight is 286 g/mol. The van der Waals surface area contributed by atoms with Gasteiger partial charge in [0.15, 0.2) is 0 Å². The Labute approximate surface area is 120 Å². The lowest BCUT2D eigenvalue weighted by atomic mass is 9.98. The summed E-state index contributed by atoms with van der Waals surface area (Å²) in [6.07, 6.45) is 2.47. The van der Waals surface area contributed by atoms with Crippen molar-refractivity contribution in [1.82, 2.24) is 4.98 Å². The highest BCUT2D eigenvalue weighted by molar-refractivity contribution is 6.05. The molecular formula is C15H14N2O4. The van der Waals surface area contributed by atoms with Crippen LogP contribution in [0.5, 0.6) is 0 Å². The maximum Gasteiger partial charge on any atom is 0.336 e. The quantitative estimate of drug-likeness (QED) is 0.690. The first kappa shape index (κ1) is 13.5. The lowest BCUT2D eigenvalue weighted by Gasteiger charge is -2.11. The van der Waals surface area contributed by atoms with Gasteiger partial charge in [-0.05, 0) is 30.9 Å². The third-order valence-electron chi connectivity index (χ3n) is 4.15. The molecular weight excluding hydrogens is 272 g/mol. The molecule has 0 fully saturated rings. The molecule has 3 rings (SSSR count). The number of non-ortho nitro benzene ring substituents is 1. The van der Waals surface area contributed by atoms with Crippen molar-refractivity contribution in [1.29, 1.82) is 0 Å². The minimum atomic E-state index is -1.05. The van der Waals surface area contributed by atoms with E-state index in [9.17, 15) is 20.0 Å². The van der Waals surface area contributed by atoms with Gasteiger partial charge < -0.3 is 5.11 Å². The summed E-state index contributed by atoms with van der Waals surface area (Å²) in [5.74, 6) is -0.770. The molecule has 108 valence electrons. The third kappa shape index (κ3) is 2.03. The summed E-state index contributed by atoms with van der Waals surface area (Å²) in [4.78, 5) is 26.6. The van der Waals surface area contributed by atoms with Gasteiger partial charge in [-0.1, -0.05) is 6.92 Å². The number of hydrogen-bond acceptors (Lipinski definition) is 4. The SMILES string of the molecule is CCC1CCc2c1nc1ccc([N+](=O)[O-])cc1c2C(=O)O. The first-order valence-corrected chi connectivity index (χ1v) is 6.87. The van der Waals surface area contributed by atoms with Gasteiger partial charge in [0, 0.05) is 29.1 Å². The fourth-order valence-electron chi connectivity index (χ4n) is 3.11. The standard InChI is InChI=1S/C15H14N2O4/c1-2-8-3-5-10-13(15(18)19)11-7-9(17(20)21)4-6-12(11)16-14(8)10/h4,6-8H,2-3,5H2,1H3,(H,18,19). The molecule has 0 saturated heterocycles. The van der Waals surface area contributed by atoms with Gasteiger partial charge in [-0.2, -0.15) is 0 Å². The van der Waals surface area contributed by atoms with Crippen molar-refractivity contribution in [3.8, 4) is 0 Å². The van der Waals surface area contributed by atoms with Crippen LogP contribution in [0.3, 0.4) is 0 Å². The van der Waals surface area contributed by atoms with E-state index in [4.69, 9.17) is 0 Å². The van der Waals surface area contributed by atoms with Crippen LogP contribution < -0.4 is 0 Å². The van der Waals surface area contributed by atoms with Gasteiger partial charge in [-0.25, -0.2) is 4.79 Å². The highest BCUT2D eigenvalue weighted by Gasteiger charge is 2.29. The molecule has 1 unspecified atom stereocenters. The number of nitro groups is 1. The predicted molar refractivity (Wildman–Crippen MR) is 76.7 cm³/mol. The van der Waals surface area contributed by atoms with Gasteiger partial charge in [-0.15, -0.1) is 0 Å². The zero-order chi connectivity index (χ0) is 15.1. The Balaban J connectivity index is 2.36. The van der Waals surface area contributed by atoms with Gasteiger partial charge in [0.25, 0.3) is 5.69 Å². The lowest BCUT2D eigenvalue weighted by Crippen LogP contribution is -2.07. The van der Waals surface area contributed by atoms with Crippen molar-refractivity contribution in [2.24, 2.45) is 0 Å². The molecule has 1 N–H and O–H groups in total. The van der Waals surface area contributed by atoms with E-state index in [-0.39, 0.29) is 17.2 Å². The molecule has 21 heavy (non-hydrogen) atoms. The van der Waals surface area contributed by atoms with Gasteiger partial charge in [-0.3, -0.25) is 15.1 Å². The third-order valence-corrected chi connectivity index (χ3v) is 4.15. The monoisotopic (exact) mass is 286 g/mol. The molecule has 1 aliphatic carbocycles. The first-order chi connectivity index (χ1) is 10.0. The highest BCUT2D eigenvalue weighted by atomic mass is 16.6. The zero-order valence-corrected chi connectivity index (χ0v) is 11.5. The molecule has 1 atom stereocenters. The number of nitro benzene ring substituents is 1. The maximum absolute atomic E-state index is 11.7. The molecule has 2 aromatic rings. The summed E-state index contributed by atoms with van der Waals surface area (Å²) in [6.45, 7) is 2.06. The van der Waals surface area contributed by atoms with E-state index in [1.54, 1.807) is 0 Å². The fraction of sp³-hybridized carbons (Fsp3) is 0.333. The Kier molecular flexibility index (Phi) is 3.08. The first-order valence-electron chi connectivity index (χ1n) is 6.87. The summed E-state index contributed by atoms with van der Waals surface area (Å²) in [7, 11) is 0. The van der Waals surface area contributed by atoms with E-state index in [0.717, 1.165) is 24.1 Å². The van der Waals surface area contributed by atoms with Crippen molar-refractivity contribution in [2.75, 3.05) is 0 Å². The second kappa shape index (κ2) is 4.80. The van der Waals surface area contributed by atoms with Gasteiger partial charge in [0.1, 0.15) is 0 Å². The smallest absolute Gasteiger partial charge is 0.336 e. The minimum absolute atomic E-state index is 0.114. The highest BCUT2D eigenvalue weighted by Crippen LogP contribution is 2.39. The summed E-state index contributed by atoms with van der Waals surface area (Å²) < 4.78 is 0. The predicted octanol–water partition coefficient (Wildman–Crippen LogP) is 3.28. The zero-order valence-electron chi connectivity index (χ0n) is 11.5. The Morgan fingerprint density at radius 2 is 2.29 bits per heavy atom. The van der Waals surface area contributed by atoms with Crippen LogP contribution in [-0.2, 0) is 6.42 Å². The van der Waals surface area contributed by atoms with Crippen LogP contribution in [0.1, 0.15) is 47.3 Å². The Hall–Kier alpha value is -2.50.